The van der Waals surface area contributed by atoms with Gasteiger partial charge in [-0.1, -0.05) is 42.5 Å². The van der Waals surface area contributed by atoms with Crippen LogP contribution in [0, 0.1) is 11.7 Å². The molecule has 0 N–H and O–H groups in total. The van der Waals surface area contributed by atoms with E-state index >= 15 is 0 Å². The summed E-state index contributed by atoms with van der Waals surface area (Å²) in [6.45, 7) is 3.15. The van der Waals surface area contributed by atoms with Gasteiger partial charge in [0, 0.05) is 11.9 Å². The Kier molecular flexibility index (Phi) is 4.64. The molecule has 0 bridgehead atoms. The Hall–Kier alpha value is -3.03. The molecule has 1 aliphatic heterocycles. The van der Waals surface area contributed by atoms with Gasteiger partial charge in [0.15, 0.2) is 5.65 Å². The molecule has 2 aromatic heterocycles. The van der Waals surface area contributed by atoms with Crippen LogP contribution in [0.1, 0.15) is 16.7 Å². The fourth-order valence-corrected chi connectivity index (χ4v) is 4.67. The van der Waals surface area contributed by atoms with E-state index in [1.165, 1.54) is 18.2 Å². The lowest BCUT2D eigenvalue weighted by molar-refractivity contribution is -0.148. The molecule has 4 aromatic rings. The quantitative estimate of drug-likeness (QED) is 0.373. The molecule has 0 spiro atoms. The lowest BCUT2D eigenvalue weighted by atomic mass is 9.94. The fourth-order valence-electron chi connectivity index (χ4n) is 4.38. The van der Waals surface area contributed by atoms with Crippen LogP contribution in [0.5, 0.6) is 0 Å². The summed E-state index contributed by atoms with van der Waals surface area (Å²) >= 11 is 5.80. The third-order valence-corrected chi connectivity index (χ3v) is 6.31. The van der Waals surface area contributed by atoms with Crippen LogP contribution < -0.4 is 0 Å². The molecule has 2 aromatic carbocycles. The van der Waals surface area contributed by atoms with Gasteiger partial charge in [0.05, 0.1) is 19.3 Å². The summed E-state index contributed by atoms with van der Waals surface area (Å²) in [4.78, 5) is 14.6. The SMILES string of the molecule is COC(=O)[C@H]1Cc2ccccc2CN1Cn1nc2cc(C)c3ccccc3n2c1=S. The summed E-state index contributed by atoms with van der Waals surface area (Å²) in [7, 11) is 1.44. The first-order valence-electron chi connectivity index (χ1n) is 9.93. The van der Waals surface area contributed by atoms with Gasteiger partial charge >= 0.3 is 5.97 Å². The van der Waals surface area contributed by atoms with E-state index in [0.29, 0.717) is 24.4 Å². The van der Waals surface area contributed by atoms with Gasteiger partial charge in [0.2, 0.25) is 4.77 Å². The normalized spacial score (nSPS) is 16.7. The van der Waals surface area contributed by atoms with Crippen LogP contribution in [0.3, 0.4) is 0 Å². The van der Waals surface area contributed by atoms with Crippen molar-refractivity contribution in [2.75, 3.05) is 7.11 Å². The van der Waals surface area contributed by atoms with Crippen LogP contribution in [0.2, 0.25) is 0 Å². The number of pyridine rings is 1. The number of esters is 1. The maximum absolute atomic E-state index is 12.5. The Balaban J connectivity index is 1.59. The average Bonchev–Trinajstić information content (AvgIpc) is 3.07. The Bertz CT molecular complexity index is 1340. The average molecular weight is 419 g/mol. The molecule has 0 saturated carbocycles. The van der Waals surface area contributed by atoms with E-state index in [-0.39, 0.29) is 12.0 Å². The highest BCUT2D eigenvalue weighted by molar-refractivity contribution is 7.71. The van der Waals surface area contributed by atoms with Gasteiger partial charge in [-0.25, -0.2) is 4.68 Å². The Labute approximate surface area is 179 Å². The van der Waals surface area contributed by atoms with Crippen LogP contribution in [0.4, 0.5) is 0 Å². The Morgan fingerprint density at radius 1 is 1.17 bits per heavy atom. The van der Waals surface area contributed by atoms with E-state index in [1.807, 2.05) is 28.7 Å². The minimum absolute atomic E-state index is 0.235. The van der Waals surface area contributed by atoms with Crippen LogP contribution in [-0.4, -0.2) is 38.2 Å². The smallest absolute Gasteiger partial charge is 0.323 e. The number of methoxy groups -OCH3 is 1. The van der Waals surface area contributed by atoms with Gasteiger partial charge in [-0.3, -0.25) is 14.1 Å². The minimum Gasteiger partial charge on any atom is -0.468 e. The van der Waals surface area contributed by atoms with E-state index in [1.54, 1.807) is 4.68 Å². The number of hydrogen-bond acceptors (Lipinski definition) is 5. The first-order chi connectivity index (χ1) is 14.6. The molecule has 0 aliphatic carbocycles. The summed E-state index contributed by atoms with van der Waals surface area (Å²) in [5, 5.41) is 5.93. The zero-order chi connectivity index (χ0) is 20.8. The third-order valence-electron chi connectivity index (χ3n) is 5.91. The van der Waals surface area contributed by atoms with Crippen LogP contribution in [0.25, 0.3) is 16.6 Å². The number of carbonyl (C=O) groups excluding carboxylic acids is 1. The molecule has 1 atom stereocenters. The summed E-state index contributed by atoms with van der Waals surface area (Å²) < 4.78 is 9.52. The van der Waals surface area contributed by atoms with Crippen molar-refractivity contribution >= 4 is 34.7 Å². The van der Waals surface area contributed by atoms with Gasteiger partial charge in [-0.05, 0) is 54.4 Å². The van der Waals surface area contributed by atoms with Gasteiger partial charge in [-0.2, -0.15) is 5.10 Å². The van der Waals surface area contributed by atoms with E-state index in [9.17, 15) is 4.79 Å². The topological polar surface area (TPSA) is 51.8 Å². The number of para-hydroxylation sites is 1. The van der Waals surface area contributed by atoms with Crippen molar-refractivity contribution in [3.8, 4) is 0 Å². The molecule has 152 valence electrons. The summed E-state index contributed by atoms with van der Waals surface area (Å²) in [5.41, 5.74) is 5.41. The molecule has 0 unspecified atom stereocenters. The highest BCUT2D eigenvalue weighted by Crippen LogP contribution is 2.26. The van der Waals surface area contributed by atoms with Crippen LogP contribution in [-0.2, 0) is 29.2 Å². The molecule has 1 aliphatic rings. The van der Waals surface area contributed by atoms with Crippen molar-refractivity contribution in [1.29, 1.82) is 0 Å². The number of aryl methyl sites for hydroxylation is 1. The Morgan fingerprint density at radius 3 is 2.70 bits per heavy atom. The van der Waals surface area contributed by atoms with E-state index in [2.05, 4.69) is 42.2 Å². The molecule has 0 saturated heterocycles. The van der Waals surface area contributed by atoms with Crippen LogP contribution in [0.15, 0.2) is 54.6 Å². The van der Waals surface area contributed by atoms with Crippen molar-refractivity contribution in [2.24, 2.45) is 0 Å². The molecular formula is C23H22N4O2S. The lowest BCUT2D eigenvalue weighted by Gasteiger charge is -2.34. The number of ether oxygens (including phenoxy) is 1. The zero-order valence-electron chi connectivity index (χ0n) is 16.9. The summed E-state index contributed by atoms with van der Waals surface area (Å²) in [6, 6.07) is 18.1. The number of nitrogens with zero attached hydrogens (tertiary/aromatic N) is 4. The number of rotatable bonds is 3. The van der Waals surface area contributed by atoms with Crippen molar-refractivity contribution in [3.05, 3.63) is 76.1 Å². The van der Waals surface area contributed by atoms with Crippen LogP contribution >= 0.6 is 12.2 Å². The number of fused-ring (bicyclic) bond motifs is 4. The zero-order valence-corrected chi connectivity index (χ0v) is 17.7. The molecule has 7 heteroatoms. The highest BCUT2D eigenvalue weighted by Gasteiger charge is 2.32. The maximum atomic E-state index is 12.5. The predicted octanol–water partition coefficient (Wildman–Crippen LogP) is 3.88. The lowest BCUT2D eigenvalue weighted by Crippen LogP contribution is -2.46. The second-order valence-electron chi connectivity index (χ2n) is 7.72. The van der Waals surface area contributed by atoms with E-state index in [4.69, 9.17) is 22.1 Å². The second-order valence-corrected chi connectivity index (χ2v) is 8.09. The first kappa shape index (κ1) is 19.0. The number of carbonyl (C=O) groups is 1. The second kappa shape index (κ2) is 7.34. The Morgan fingerprint density at radius 2 is 1.90 bits per heavy atom. The molecule has 30 heavy (non-hydrogen) atoms. The number of aromatic nitrogens is 3. The monoisotopic (exact) mass is 418 g/mol. The first-order valence-corrected chi connectivity index (χ1v) is 10.3. The standard InChI is InChI=1S/C23H22N4O2S/c1-15-11-21-24-26(23(30)27(21)19-10-6-5-9-18(15)19)14-25-13-17-8-4-3-7-16(17)12-20(25)22(28)29-2/h3-11,20H,12-14H2,1-2H3/t20-/m1/s1. The van der Waals surface area contributed by atoms with E-state index < -0.39 is 0 Å². The largest absolute Gasteiger partial charge is 0.468 e. The van der Waals surface area contributed by atoms with Gasteiger partial charge < -0.3 is 4.74 Å². The van der Waals surface area contributed by atoms with E-state index in [0.717, 1.165) is 22.1 Å². The van der Waals surface area contributed by atoms with Gasteiger partial charge in [0.25, 0.3) is 0 Å². The van der Waals surface area contributed by atoms with Crippen molar-refractivity contribution < 1.29 is 9.53 Å². The van der Waals surface area contributed by atoms with Crippen molar-refractivity contribution in [3.63, 3.8) is 0 Å². The molecular weight excluding hydrogens is 396 g/mol. The number of benzene rings is 2. The predicted molar refractivity (Wildman–Crippen MR) is 118 cm³/mol. The van der Waals surface area contributed by atoms with Gasteiger partial charge in [-0.15, -0.1) is 0 Å². The van der Waals surface area contributed by atoms with Gasteiger partial charge in [0.1, 0.15) is 6.04 Å². The highest BCUT2D eigenvalue weighted by atomic mass is 32.1. The summed E-state index contributed by atoms with van der Waals surface area (Å²) in [6.07, 6.45) is 0.617. The molecule has 0 radical (unpaired) electrons. The molecule has 0 fully saturated rings. The van der Waals surface area contributed by atoms with Crippen molar-refractivity contribution in [2.45, 2.75) is 32.6 Å². The molecule has 0 amide bonds. The van der Waals surface area contributed by atoms with Crippen molar-refractivity contribution in [1.82, 2.24) is 19.1 Å². The third kappa shape index (κ3) is 3.02. The molecule has 5 rings (SSSR count). The maximum Gasteiger partial charge on any atom is 0.323 e. The molecule has 3 heterocycles. The molecule has 6 nitrogen and oxygen atoms in total. The minimum atomic E-state index is -0.366. The summed E-state index contributed by atoms with van der Waals surface area (Å²) in [5.74, 6) is -0.235. The fraction of sp³-hybridized carbons (Fsp3) is 0.261. The number of hydrogen-bond donors (Lipinski definition) is 0.